The van der Waals surface area contributed by atoms with E-state index in [0.717, 1.165) is 30.5 Å². The molecule has 104 valence electrons. The van der Waals surface area contributed by atoms with Gasteiger partial charge in [0.1, 0.15) is 0 Å². The summed E-state index contributed by atoms with van der Waals surface area (Å²) in [5.41, 5.74) is 10.3. The van der Waals surface area contributed by atoms with E-state index in [1.807, 2.05) is 6.92 Å². The summed E-state index contributed by atoms with van der Waals surface area (Å²) in [6, 6.07) is 1.73. The third-order valence-electron chi connectivity index (χ3n) is 2.80. The number of rotatable bonds is 6. The van der Waals surface area contributed by atoms with Crippen molar-refractivity contribution in [2.75, 3.05) is 7.05 Å². The molecule has 0 spiro atoms. The largest absolute Gasteiger partial charge is 0.476 e. The highest BCUT2D eigenvalue weighted by Crippen LogP contribution is 2.15. The summed E-state index contributed by atoms with van der Waals surface area (Å²) in [5, 5.41) is 13.0. The summed E-state index contributed by atoms with van der Waals surface area (Å²) in [6.07, 6.45) is 2.78. The van der Waals surface area contributed by atoms with Gasteiger partial charge in [-0.1, -0.05) is 13.3 Å². The molecule has 1 aromatic rings. The number of carboxylic acid groups (broad SMARTS) is 1. The van der Waals surface area contributed by atoms with E-state index in [1.165, 1.54) is 0 Å². The van der Waals surface area contributed by atoms with Crippen molar-refractivity contribution in [3.05, 3.63) is 28.6 Å². The Bertz CT molecular complexity index is 498. The number of hydrogen-bond donors (Lipinski definition) is 3. The minimum Gasteiger partial charge on any atom is -0.476 e. The number of nitrogens with one attached hydrogen (secondary N) is 1. The van der Waals surface area contributed by atoms with E-state index in [4.69, 9.17) is 5.73 Å². The molecule has 6 nitrogen and oxygen atoms in total. The van der Waals surface area contributed by atoms with Crippen LogP contribution in [-0.2, 0) is 6.42 Å². The third kappa shape index (κ3) is 3.67. The lowest BCUT2D eigenvalue weighted by Gasteiger charge is -2.10. The van der Waals surface area contributed by atoms with Gasteiger partial charge in [0.05, 0.1) is 5.56 Å². The molecule has 0 atom stereocenters. The first kappa shape index (κ1) is 14.9. The second kappa shape index (κ2) is 6.72. The normalized spacial score (nSPS) is 11.4. The molecule has 0 aliphatic rings. The van der Waals surface area contributed by atoms with Crippen LogP contribution in [-0.4, -0.2) is 28.9 Å². The van der Waals surface area contributed by atoms with Gasteiger partial charge in [0.25, 0.3) is 0 Å². The fourth-order valence-corrected chi connectivity index (χ4v) is 1.79. The number of nitrogens with two attached hydrogens (primary N) is 1. The van der Waals surface area contributed by atoms with Crippen molar-refractivity contribution in [3.63, 3.8) is 0 Å². The monoisotopic (exact) mass is 264 g/mol. The van der Waals surface area contributed by atoms with Gasteiger partial charge in [-0.05, 0) is 31.4 Å². The lowest BCUT2D eigenvalue weighted by molar-refractivity contribution is 0.0690. The molecule has 1 aromatic heterocycles. The van der Waals surface area contributed by atoms with Crippen LogP contribution >= 0.6 is 0 Å². The van der Waals surface area contributed by atoms with Crippen molar-refractivity contribution in [1.82, 2.24) is 10.4 Å². The standard InChI is InChI=1S/C13H20N4O2/c1-4-5-6-10-8(2)7-9(12(14)17-15-3)11(16-10)13(18)19/h7,15H,4-6H2,1-3H3,(H2,14,17)(H,18,19). The Morgan fingerprint density at radius 2 is 2.26 bits per heavy atom. The van der Waals surface area contributed by atoms with Crippen molar-refractivity contribution in [1.29, 1.82) is 0 Å². The van der Waals surface area contributed by atoms with E-state index >= 15 is 0 Å². The molecule has 0 aliphatic carbocycles. The van der Waals surface area contributed by atoms with E-state index in [-0.39, 0.29) is 11.5 Å². The first-order chi connectivity index (χ1) is 9.01. The molecule has 19 heavy (non-hydrogen) atoms. The second-order valence-electron chi connectivity index (χ2n) is 4.28. The number of aromatic nitrogens is 1. The highest BCUT2D eigenvalue weighted by molar-refractivity contribution is 6.05. The summed E-state index contributed by atoms with van der Waals surface area (Å²) in [6.45, 7) is 3.99. The maximum atomic E-state index is 11.3. The zero-order valence-corrected chi connectivity index (χ0v) is 11.5. The molecule has 6 heteroatoms. The van der Waals surface area contributed by atoms with Gasteiger partial charge in [0.15, 0.2) is 11.5 Å². The van der Waals surface area contributed by atoms with E-state index in [1.54, 1.807) is 13.1 Å². The smallest absolute Gasteiger partial charge is 0.355 e. The van der Waals surface area contributed by atoms with Crippen LogP contribution in [0.1, 0.15) is 47.1 Å². The Morgan fingerprint density at radius 1 is 1.58 bits per heavy atom. The fourth-order valence-electron chi connectivity index (χ4n) is 1.79. The Balaban J connectivity index is 3.29. The van der Waals surface area contributed by atoms with Gasteiger partial charge in [-0.3, -0.25) is 0 Å². The van der Waals surface area contributed by atoms with Crippen molar-refractivity contribution in [2.45, 2.75) is 33.1 Å². The molecule has 0 aliphatic heterocycles. The van der Waals surface area contributed by atoms with Crippen LogP contribution in [0.2, 0.25) is 0 Å². The van der Waals surface area contributed by atoms with Crippen LogP contribution in [0.3, 0.4) is 0 Å². The zero-order chi connectivity index (χ0) is 14.4. The van der Waals surface area contributed by atoms with Crippen LogP contribution < -0.4 is 11.2 Å². The van der Waals surface area contributed by atoms with E-state index in [0.29, 0.717) is 5.56 Å². The average Bonchev–Trinajstić information content (AvgIpc) is 2.36. The summed E-state index contributed by atoms with van der Waals surface area (Å²) in [4.78, 5) is 15.5. The number of unbranched alkanes of at least 4 members (excludes halogenated alkanes) is 1. The molecule has 4 N–H and O–H groups in total. The number of hydrogen-bond acceptors (Lipinski definition) is 4. The Kier molecular flexibility index (Phi) is 5.29. The fraction of sp³-hybridized carbons (Fsp3) is 0.462. The van der Waals surface area contributed by atoms with Gasteiger partial charge < -0.3 is 16.3 Å². The molecule has 0 aromatic carbocycles. The molecule has 0 saturated carbocycles. The first-order valence-corrected chi connectivity index (χ1v) is 6.25. The van der Waals surface area contributed by atoms with Gasteiger partial charge in [0.2, 0.25) is 0 Å². The predicted octanol–water partition coefficient (Wildman–Crippen LogP) is 1.27. The summed E-state index contributed by atoms with van der Waals surface area (Å²) in [7, 11) is 1.60. The van der Waals surface area contributed by atoms with Crippen molar-refractivity contribution in [2.24, 2.45) is 10.8 Å². The molecule has 0 unspecified atom stereocenters. The topological polar surface area (TPSA) is 101 Å². The minimum absolute atomic E-state index is 0.0480. The SMILES string of the molecule is CCCCc1nc(C(=O)O)c(C(N)=NNC)cc1C. The van der Waals surface area contributed by atoms with E-state index < -0.39 is 5.97 Å². The summed E-state index contributed by atoms with van der Waals surface area (Å²) in [5.74, 6) is -0.973. The summed E-state index contributed by atoms with van der Waals surface area (Å²) >= 11 is 0. The van der Waals surface area contributed by atoms with Crippen molar-refractivity contribution >= 4 is 11.8 Å². The first-order valence-electron chi connectivity index (χ1n) is 6.25. The molecule has 1 rings (SSSR count). The number of carboxylic acids is 1. The Labute approximate surface area is 112 Å². The molecular formula is C13H20N4O2. The molecule has 0 saturated heterocycles. The van der Waals surface area contributed by atoms with E-state index in [2.05, 4.69) is 22.4 Å². The number of amidine groups is 1. The van der Waals surface area contributed by atoms with Gasteiger partial charge in [-0.2, -0.15) is 5.10 Å². The molecule has 0 bridgehead atoms. The van der Waals surface area contributed by atoms with Crippen molar-refractivity contribution < 1.29 is 9.90 Å². The van der Waals surface area contributed by atoms with Crippen molar-refractivity contribution in [3.8, 4) is 0 Å². The van der Waals surface area contributed by atoms with Crippen LogP contribution in [0, 0.1) is 6.92 Å². The maximum absolute atomic E-state index is 11.3. The van der Waals surface area contributed by atoms with Gasteiger partial charge >= 0.3 is 5.97 Å². The number of pyridine rings is 1. The second-order valence-corrected chi connectivity index (χ2v) is 4.28. The highest BCUT2D eigenvalue weighted by atomic mass is 16.4. The molecule has 0 radical (unpaired) electrons. The third-order valence-corrected chi connectivity index (χ3v) is 2.80. The van der Waals surface area contributed by atoms with Crippen LogP contribution in [0.25, 0.3) is 0 Å². The molecule has 0 amide bonds. The van der Waals surface area contributed by atoms with Gasteiger partial charge in [0, 0.05) is 12.7 Å². The lowest BCUT2D eigenvalue weighted by atomic mass is 10.0. The zero-order valence-electron chi connectivity index (χ0n) is 11.5. The van der Waals surface area contributed by atoms with Crippen LogP contribution in [0.4, 0.5) is 0 Å². The number of hydrazone groups is 1. The molecular weight excluding hydrogens is 244 g/mol. The van der Waals surface area contributed by atoms with Crippen LogP contribution in [0.15, 0.2) is 11.2 Å². The number of nitrogens with zero attached hydrogens (tertiary/aromatic N) is 2. The number of carbonyl (C=O) groups is 1. The maximum Gasteiger partial charge on any atom is 0.355 e. The van der Waals surface area contributed by atoms with E-state index in [9.17, 15) is 9.90 Å². The van der Waals surface area contributed by atoms with Gasteiger partial charge in [-0.25, -0.2) is 9.78 Å². The molecule has 1 heterocycles. The van der Waals surface area contributed by atoms with Crippen LogP contribution in [0.5, 0.6) is 0 Å². The number of aryl methyl sites for hydroxylation is 2. The Morgan fingerprint density at radius 3 is 2.79 bits per heavy atom. The predicted molar refractivity (Wildman–Crippen MR) is 74.3 cm³/mol. The lowest BCUT2D eigenvalue weighted by Crippen LogP contribution is -2.22. The average molecular weight is 264 g/mol. The summed E-state index contributed by atoms with van der Waals surface area (Å²) < 4.78 is 0. The van der Waals surface area contributed by atoms with Gasteiger partial charge in [-0.15, -0.1) is 0 Å². The quantitative estimate of drug-likeness (QED) is 0.408. The highest BCUT2D eigenvalue weighted by Gasteiger charge is 2.17. The molecule has 0 fully saturated rings. The number of aromatic carboxylic acids is 1. The minimum atomic E-state index is -1.10. The Hall–Kier alpha value is -2.11.